The summed E-state index contributed by atoms with van der Waals surface area (Å²) in [6, 6.07) is 0. The number of nitrogens with zero attached hydrogens (tertiary/aromatic N) is 3. The lowest BCUT2D eigenvalue weighted by Crippen LogP contribution is -2.35. The second-order valence-corrected chi connectivity index (χ2v) is 6.02. The first-order chi connectivity index (χ1) is 8.49. The number of carbonyl (C=O) groups excluding carboxylic acids is 1. The normalized spacial score (nSPS) is 22.1. The van der Waals surface area contributed by atoms with E-state index in [9.17, 15) is 4.79 Å². The molecule has 100 valence electrons. The van der Waals surface area contributed by atoms with Gasteiger partial charge in [0.1, 0.15) is 6.29 Å². The van der Waals surface area contributed by atoms with Gasteiger partial charge in [-0.25, -0.2) is 0 Å². The molecule has 0 amide bonds. The summed E-state index contributed by atoms with van der Waals surface area (Å²) < 4.78 is 5.67. The molecule has 5 nitrogen and oxygen atoms in total. The van der Waals surface area contributed by atoms with E-state index in [4.69, 9.17) is 4.42 Å². The second kappa shape index (κ2) is 5.18. The van der Waals surface area contributed by atoms with Gasteiger partial charge in [0.2, 0.25) is 11.8 Å². The van der Waals surface area contributed by atoms with Crippen LogP contribution in [0.4, 0.5) is 0 Å². The highest BCUT2D eigenvalue weighted by Crippen LogP contribution is 2.22. The Morgan fingerprint density at radius 3 is 2.83 bits per heavy atom. The number of aldehydes is 1. The van der Waals surface area contributed by atoms with Gasteiger partial charge in [0.15, 0.2) is 0 Å². The van der Waals surface area contributed by atoms with Gasteiger partial charge in [-0.2, -0.15) is 0 Å². The van der Waals surface area contributed by atoms with Crippen LogP contribution < -0.4 is 0 Å². The van der Waals surface area contributed by atoms with Crippen LogP contribution in [0.15, 0.2) is 4.42 Å². The predicted octanol–water partition coefficient (Wildman–Crippen LogP) is 1.78. The lowest BCUT2D eigenvalue weighted by Gasteiger charge is -2.28. The smallest absolute Gasteiger partial charge is 0.230 e. The van der Waals surface area contributed by atoms with Gasteiger partial charge in [-0.15, -0.1) is 10.2 Å². The van der Waals surface area contributed by atoms with Crippen molar-refractivity contribution in [2.24, 2.45) is 5.92 Å². The van der Waals surface area contributed by atoms with Gasteiger partial charge in [-0.3, -0.25) is 4.90 Å². The molecule has 2 heterocycles. The molecule has 0 aliphatic carbocycles. The van der Waals surface area contributed by atoms with E-state index < -0.39 is 0 Å². The summed E-state index contributed by atoms with van der Waals surface area (Å²) in [6.45, 7) is 8.59. The first-order valence-electron chi connectivity index (χ1n) is 6.49. The van der Waals surface area contributed by atoms with Crippen LogP contribution in [0.25, 0.3) is 0 Å². The average Bonchev–Trinajstić information content (AvgIpc) is 2.77. The second-order valence-electron chi connectivity index (χ2n) is 6.02. The van der Waals surface area contributed by atoms with Gasteiger partial charge in [0.25, 0.3) is 0 Å². The highest BCUT2D eigenvalue weighted by atomic mass is 16.4. The highest BCUT2D eigenvalue weighted by molar-refractivity contribution is 5.53. The lowest BCUT2D eigenvalue weighted by atomic mass is 9.97. The largest absolute Gasteiger partial charge is 0.423 e. The quantitative estimate of drug-likeness (QED) is 0.766. The van der Waals surface area contributed by atoms with Crippen molar-refractivity contribution in [2.75, 3.05) is 13.1 Å². The fraction of sp³-hybridized carbons (Fsp3) is 0.769. The summed E-state index contributed by atoms with van der Waals surface area (Å²) in [5, 5.41) is 8.16. The van der Waals surface area contributed by atoms with Crippen molar-refractivity contribution in [1.29, 1.82) is 0 Å². The van der Waals surface area contributed by atoms with Crippen LogP contribution in [0.3, 0.4) is 0 Å². The molecule has 2 rings (SSSR count). The van der Waals surface area contributed by atoms with Gasteiger partial charge in [0, 0.05) is 17.9 Å². The van der Waals surface area contributed by atoms with Gasteiger partial charge in [0.05, 0.1) is 6.54 Å². The van der Waals surface area contributed by atoms with E-state index in [0.717, 1.165) is 32.2 Å². The van der Waals surface area contributed by atoms with E-state index in [1.54, 1.807) is 0 Å². The number of piperidine rings is 1. The maximum atomic E-state index is 10.8. The van der Waals surface area contributed by atoms with E-state index in [1.807, 2.05) is 20.8 Å². The van der Waals surface area contributed by atoms with Crippen molar-refractivity contribution in [2.45, 2.75) is 45.6 Å². The monoisotopic (exact) mass is 251 g/mol. The molecule has 5 heteroatoms. The van der Waals surface area contributed by atoms with E-state index in [-0.39, 0.29) is 11.3 Å². The molecular formula is C13H21N3O2. The number of rotatable bonds is 3. The fourth-order valence-electron chi connectivity index (χ4n) is 2.16. The van der Waals surface area contributed by atoms with Crippen LogP contribution in [0.5, 0.6) is 0 Å². The minimum atomic E-state index is -0.113. The molecule has 1 aromatic heterocycles. The Kier molecular flexibility index (Phi) is 3.80. The zero-order valence-corrected chi connectivity index (χ0v) is 11.3. The average molecular weight is 251 g/mol. The molecule has 1 aromatic rings. The summed E-state index contributed by atoms with van der Waals surface area (Å²) in [6.07, 6.45) is 3.11. The molecule has 1 aliphatic heterocycles. The van der Waals surface area contributed by atoms with Crippen molar-refractivity contribution in [3.63, 3.8) is 0 Å². The summed E-state index contributed by atoms with van der Waals surface area (Å²) in [5.41, 5.74) is -0.113. The summed E-state index contributed by atoms with van der Waals surface area (Å²) in [4.78, 5) is 13.0. The molecule has 1 fully saturated rings. The third kappa shape index (κ3) is 3.16. The molecule has 1 aliphatic rings. The molecule has 1 unspecified atom stereocenters. The van der Waals surface area contributed by atoms with Crippen LogP contribution in [0.1, 0.15) is 45.4 Å². The van der Waals surface area contributed by atoms with Crippen molar-refractivity contribution in [1.82, 2.24) is 15.1 Å². The zero-order valence-electron chi connectivity index (χ0n) is 11.3. The van der Waals surface area contributed by atoms with Crippen molar-refractivity contribution in [3.05, 3.63) is 11.8 Å². The molecular weight excluding hydrogens is 230 g/mol. The first-order valence-corrected chi connectivity index (χ1v) is 6.49. The van der Waals surface area contributed by atoms with Crippen molar-refractivity contribution < 1.29 is 9.21 Å². The Hall–Kier alpha value is -1.23. The molecule has 0 saturated carbocycles. The fourth-order valence-corrected chi connectivity index (χ4v) is 2.16. The Bertz CT molecular complexity index is 409. The highest BCUT2D eigenvalue weighted by Gasteiger charge is 2.24. The molecule has 18 heavy (non-hydrogen) atoms. The zero-order chi connectivity index (χ0) is 13.2. The summed E-state index contributed by atoms with van der Waals surface area (Å²) in [7, 11) is 0. The number of carbonyl (C=O) groups is 1. The van der Waals surface area contributed by atoms with Crippen LogP contribution in [-0.4, -0.2) is 34.5 Å². The van der Waals surface area contributed by atoms with Crippen molar-refractivity contribution in [3.8, 4) is 0 Å². The van der Waals surface area contributed by atoms with Crippen LogP contribution >= 0.6 is 0 Å². The predicted molar refractivity (Wildman–Crippen MR) is 67.1 cm³/mol. The lowest BCUT2D eigenvalue weighted by molar-refractivity contribution is -0.112. The molecule has 0 spiro atoms. The van der Waals surface area contributed by atoms with E-state index >= 15 is 0 Å². The maximum Gasteiger partial charge on any atom is 0.230 e. The van der Waals surface area contributed by atoms with Crippen molar-refractivity contribution >= 4 is 6.29 Å². The Morgan fingerprint density at radius 1 is 1.44 bits per heavy atom. The topological polar surface area (TPSA) is 59.2 Å². The number of aromatic nitrogens is 2. The summed E-state index contributed by atoms with van der Waals surface area (Å²) in [5.74, 6) is 1.47. The number of hydrogen-bond acceptors (Lipinski definition) is 5. The first kappa shape index (κ1) is 13.2. The summed E-state index contributed by atoms with van der Waals surface area (Å²) >= 11 is 0. The van der Waals surface area contributed by atoms with E-state index in [1.165, 1.54) is 0 Å². The van der Waals surface area contributed by atoms with Crippen LogP contribution in [0.2, 0.25) is 0 Å². The van der Waals surface area contributed by atoms with Gasteiger partial charge >= 0.3 is 0 Å². The molecule has 1 saturated heterocycles. The van der Waals surface area contributed by atoms with Gasteiger partial charge < -0.3 is 9.21 Å². The van der Waals surface area contributed by atoms with Gasteiger partial charge in [-0.1, -0.05) is 20.8 Å². The third-order valence-corrected chi connectivity index (χ3v) is 3.20. The Morgan fingerprint density at radius 2 is 2.22 bits per heavy atom. The van der Waals surface area contributed by atoms with E-state index in [0.29, 0.717) is 18.3 Å². The molecule has 0 radical (unpaired) electrons. The minimum absolute atomic E-state index is 0.113. The SMILES string of the molecule is CC(C)(C)c1nnc(CN2CCCC(C=O)C2)o1. The van der Waals surface area contributed by atoms with Crippen LogP contribution in [0, 0.1) is 5.92 Å². The Balaban J connectivity index is 1.97. The molecule has 0 bridgehead atoms. The molecule has 1 atom stereocenters. The Labute approximate surface area is 108 Å². The number of hydrogen-bond donors (Lipinski definition) is 0. The number of likely N-dealkylation sites (tertiary alicyclic amines) is 1. The molecule has 0 N–H and O–H groups in total. The van der Waals surface area contributed by atoms with Gasteiger partial charge in [-0.05, 0) is 19.4 Å². The third-order valence-electron chi connectivity index (χ3n) is 3.20. The molecule has 0 aromatic carbocycles. The van der Waals surface area contributed by atoms with E-state index in [2.05, 4.69) is 15.1 Å². The minimum Gasteiger partial charge on any atom is -0.423 e. The van der Waals surface area contributed by atoms with Crippen LogP contribution in [-0.2, 0) is 16.8 Å². The standard InChI is InChI=1S/C13H21N3O2/c1-13(2,3)12-15-14-11(18-12)8-16-6-4-5-10(7-16)9-17/h9-10H,4-8H2,1-3H3. The maximum absolute atomic E-state index is 10.8.